The summed E-state index contributed by atoms with van der Waals surface area (Å²) in [5.74, 6) is 0.0904. The molecule has 5 nitrogen and oxygen atoms in total. The molecule has 2 rings (SSSR count). The normalized spacial score (nSPS) is 26.1. The molecule has 0 spiro atoms. The minimum atomic E-state index is -0.284. The van der Waals surface area contributed by atoms with E-state index in [4.69, 9.17) is 4.74 Å². The zero-order valence-corrected chi connectivity index (χ0v) is 12.4. The van der Waals surface area contributed by atoms with Crippen LogP contribution < -0.4 is 0 Å². The average molecular weight is 316 g/mol. The van der Waals surface area contributed by atoms with Crippen molar-refractivity contribution in [2.75, 3.05) is 13.1 Å². The zero-order valence-electron chi connectivity index (χ0n) is 10.8. The summed E-state index contributed by atoms with van der Waals surface area (Å²) in [6.07, 6.45) is 3.69. The molecule has 0 bridgehead atoms. The second-order valence-corrected chi connectivity index (χ2v) is 5.73. The van der Waals surface area contributed by atoms with Crippen molar-refractivity contribution in [1.82, 2.24) is 14.7 Å². The average Bonchev–Trinajstić information content (AvgIpc) is 2.72. The van der Waals surface area contributed by atoms with Gasteiger partial charge in [-0.3, -0.25) is 9.48 Å². The van der Waals surface area contributed by atoms with Gasteiger partial charge in [-0.05, 0) is 36.7 Å². The third-order valence-corrected chi connectivity index (χ3v) is 3.46. The Bertz CT molecular complexity index is 425. The first-order valence-corrected chi connectivity index (χ1v) is 6.90. The highest BCUT2D eigenvalue weighted by molar-refractivity contribution is 9.10. The molecule has 0 saturated carbocycles. The highest BCUT2D eigenvalue weighted by atomic mass is 79.9. The first kappa shape index (κ1) is 13.5. The summed E-state index contributed by atoms with van der Waals surface area (Å²) in [5.41, 5.74) is 0. The smallest absolute Gasteiger partial charge is 0.247 e. The molecule has 0 radical (unpaired) electrons. The van der Waals surface area contributed by atoms with E-state index in [0.29, 0.717) is 13.1 Å². The van der Waals surface area contributed by atoms with Crippen molar-refractivity contribution in [3.8, 4) is 0 Å². The summed E-state index contributed by atoms with van der Waals surface area (Å²) in [4.78, 5) is 14.3. The molecule has 1 fully saturated rings. The summed E-state index contributed by atoms with van der Waals surface area (Å²) in [7, 11) is 0. The van der Waals surface area contributed by atoms with E-state index in [1.165, 1.54) is 0 Å². The molecule has 6 heteroatoms. The Balaban J connectivity index is 2.06. The quantitative estimate of drug-likeness (QED) is 0.836. The predicted octanol–water partition coefficient (Wildman–Crippen LogP) is 1.84. The molecule has 1 aliphatic rings. The molecule has 1 saturated heterocycles. The second kappa shape index (κ2) is 5.40. The number of carbonyl (C=O) groups excluding carboxylic acids is 1. The summed E-state index contributed by atoms with van der Waals surface area (Å²) in [5, 5.41) is 4.16. The van der Waals surface area contributed by atoms with Crippen LogP contribution >= 0.6 is 15.9 Å². The van der Waals surface area contributed by atoms with Crippen LogP contribution in [0.15, 0.2) is 16.9 Å². The van der Waals surface area contributed by atoms with Gasteiger partial charge in [0.2, 0.25) is 5.91 Å². The largest absolute Gasteiger partial charge is 0.372 e. The van der Waals surface area contributed by atoms with Gasteiger partial charge in [0, 0.05) is 19.3 Å². The first-order valence-electron chi connectivity index (χ1n) is 6.11. The number of rotatable bonds is 2. The molecule has 0 aromatic carbocycles. The van der Waals surface area contributed by atoms with Crippen LogP contribution in [0.4, 0.5) is 0 Å². The Kier molecular flexibility index (Phi) is 4.07. The molecule has 1 aromatic heterocycles. The number of nitrogens with zero attached hydrogens (tertiary/aromatic N) is 3. The topological polar surface area (TPSA) is 47.4 Å². The maximum Gasteiger partial charge on any atom is 0.247 e. The number of hydrogen-bond donors (Lipinski definition) is 0. The molecule has 0 aliphatic carbocycles. The van der Waals surface area contributed by atoms with Gasteiger partial charge in [0.05, 0.1) is 22.9 Å². The Hall–Kier alpha value is -0.880. The predicted molar refractivity (Wildman–Crippen MR) is 71.2 cm³/mol. The van der Waals surface area contributed by atoms with Crippen LogP contribution in [0.5, 0.6) is 0 Å². The Labute approximate surface area is 115 Å². The van der Waals surface area contributed by atoms with Gasteiger partial charge >= 0.3 is 0 Å². The van der Waals surface area contributed by atoms with Crippen LogP contribution in [0, 0.1) is 0 Å². The standard InChI is InChI=1S/C12H18BrN3O2/c1-8-5-15(6-9(2)18-8)12(17)10(3)16-7-11(13)4-14-16/h4,7-10H,5-6H2,1-3H3/t8-,9-,10-/m1/s1. The molecule has 0 unspecified atom stereocenters. The molecule has 1 aromatic rings. The van der Waals surface area contributed by atoms with E-state index in [1.54, 1.807) is 10.9 Å². The highest BCUT2D eigenvalue weighted by Crippen LogP contribution is 2.17. The molecule has 100 valence electrons. The van der Waals surface area contributed by atoms with Crippen molar-refractivity contribution in [1.29, 1.82) is 0 Å². The van der Waals surface area contributed by atoms with Crippen LogP contribution in [0.1, 0.15) is 26.8 Å². The van der Waals surface area contributed by atoms with Gasteiger partial charge in [-0.2, -0.15) is 5.10 Å². The number of carbonyl (C=O) groups is 1. The summed E-state index contributed by atoms with van der Waals surface area (Å²) < 4.78 is 8.19. The van der Waals surface area contributed by atoms with Gasteiger partial charge in [-0.25, -0.2) is 0 Å². The lowest BCUT2D eigenvalue weighted by molar-refractivity contribution is -0.146. The summed E-state index contributed by atoms with van der Waals surface area (Å²) in [6, 6.07) is -0.284. The third-order valence-electron chi connectivity index (χ3n) is 3.06. The fourth-order valence-electron chi connectivity index (χ4n) is 2.26. The van der Waals surface area contributed by atoms with Crippen molar-refractivity contribution in [2.45, 2.75) is 39.0 Å². The maximum absolute atomic E-state index is 12.4. The Morgan fingerprint density at radius 3 is 2.61 bits per heavy atom. The van der Waals surface area contributed by atoms with Crippen molar-refractivity contribution in [2.24, 2.45) is 0 Å². The number of aromatic nitrogens is 2. The van der Waals surface area contributed by atoms with E-state index in [9.17, 15) is 4.79 Å². The second-order valence-electron chi connectivity index (χ2n) is 4.82. The number of ether oxygens (including phenoxy) is 1. The van der Waals surface area contributed by atoms with Gasteiger partial charge in [0.15, 0.2) is 0 Å². The van der Waals surface area contributed by atoms with Crippen molar-refractivity contribution in [3.05, 3.63) is 16.9 Å². The van der Waals surface area contributed by atoms with E-state index in [-0.39, 0.29) is 24.2 Å². The van der Waals surface area contributed by atoms with Crippen molar-refractivity contribution in [3.63, 3.8) is 0 Å². The van der Waals surface area contributed by atoms with Crippen LogP contribution in [0.3, 0.4) is 0 Å². The van der Waals surface area contributed by atoms with E-state index in [1.807, 2.05) is 31.9 Å². The number of halogens is 1. The van der Waals surface area contributed by atoms with E-state index in [2.05, 4.69) is 21.0 Å². The fraction of sp³-hybridized carbons (Fsp3) is 0.667. The molecule has 3 atom stereocenters. The molecule has 2 heterocycles. The van der Waals surface area contributed by atoms with Gasteiger partial charge in [-0.15, -0.1) is 0 Å². The van der Waals surface area contributed by atoms with Crippen LogP contribution in [0.2, 0.25) is 0 Å². The lowest BCUT2D eigenvalue weighted by atomic mass is 10.2. The van der Waals surface area contributed by atoms with Gasteiger partial charge in [-0.1, -0.05) is 0 Å². The lowest BCUT2D eigenvalue weighted by Gasteiger charge is -2.36. The summed E-state index contributed by atoms with van der Waals surface area (Å²) >= 11 is 3.34. The zero-order chi connectivity index (χ0) is 13.3. The van der Waals surface area contributed by atoms with E-state index in [0.717, 1.165) is 4.47 Å². The van der Waals surface area contributed by atoms with E-state index < -0.39 is 0 Å². The van der Waals surface area contributed by atoms with Gasteiger partial charge < -0.3 is 9.64 Å². The number of hydrogen-bond acceptors (Lipinski definition) is 3. The van der Waals surface area contributed by atoms with Gasteiger partial charge in [0.25, 0.3) is 0 Å². The number of amides is 1. The lowest BCUT2D eigenvalue weighted by Crippen LogP contribution is -2.50. The SMILES string of the molecule is C[C@@H]1CN(C(=O)[C@@H](C)n2cc(Br)cn2)C[C@@H](C)O1. The van der Waals surface area contributed by atoms with E-state index >= 15 is 0 Å². The Morgan fingerprint density at radius 1 is 1.50 bits per heavy atom. The van der Waals surface area contributed by atoms with Crippen LogP contribution in [-0.4, -0.2) is 45.9 Å². The minimum absolute atomic E-state index is 0.0904. The van der Waals surface area contributed by atoms with Crippen LogP contribution in [0.25, 0.3) is 0 Å². The monoisotopic (exact) mass is 315 g/mol. The molecule has 18 heavy (non-hydrogen) atoms. The van der Waals surface area contributed by atoms with Crippen molar-refractivity contribution < 1.29 is 9.53 Å². The molecular weight excluding hydrogens is 298 g/mol. The number of morpholine rings is 1. The molecule has 0 N–H and O–H groups in total. The van der Waals surface area contributed by atoms with Crippen LogP contribution in [-0.2, 0) is 9.53 Å². The molecule has 1 amide bonds. The fourth-order valence-corrected chi connectivity index (χ4v) is 2.56. The van der Waals surface area contributed by atoms with Gasteiger partial charge in [0.1, 0.15) is 6.04 Å². The highest BCUT2D eigenvalue weighted by Gasteiger charge is 2.29. The maximum atomic E-state index is 12.4. The first-order chi connectivity index (χ1) is 8.47. The third kappa shape index (κ3) is 2.92. The summed E-state index contributed by atoms with van der Waals surface area (Å²) in [6.45, 7) is 7.15. The van der Waals surface area contributed by atoms with Crippen molar-refractivity contribution >= 4 is 21.8 Å². The molecular formula is C12H18BrN3O2. The Morgan fingerprint density at radius 2 is 2.11 bits per heavy atom. The minimum Gasteiger partial charge on any atom is -0.372 e. The molecule has 1 aliphatic heterocycles.